The fourth-order valence-electron chi connectivity index (χ4n) is 5.35. The highest BCUT2D eigenvalue weighted by atomic mass is 19.2. The Morgan fingerprint density at radius 1 is 1.09 bits per heavy atom. The first kappa shape index (κ1) is 30.1. The third kappa shape index (κ3) is 6.69. The number of amides is 1. The Balaban J connectivity index is 1.45. The SMILES string of the molecule is CNC(=O)c1cc(-c2nn(-c3ccccc3)c(CC(=O)C[C@@H]3CN(CCOC)O[C@H]3c3ccc(F)c(F)c3)c2C)ccn1. The maximum Gasteiger partial charge on any atom is 0.269 e. The van der Waals surface area contributed by atoms with E-state index in [0.29, 0.717) is 42.2 Å². The predicted octanol–water partition coefficient (Wildman–Crippen LogP) is 4.63. The molecule has 0 saturated carbocycles. The highest BCUT2D eigenvalue weighted by Gasteiger charge is 2.37. The van der Waals surface area contributed by atoms with Crippen LogP contribution in [0.15, 0.2) is 66.9 Å². The van der Waals surface area contributed by atoms with Gasteiger partial charge in [0.1, 0.15) is 17.6 Å². The van der Waals surface area contributed by atoms with Crippen molar-refractivity contribution in [1.29, 1.82) is 0 Å². The summed E-state index contributed by atoms with van der Waals surface area (Å²) in [7, 11) is 3.13. The van der Waals surface area contributed by atoms with Crippen LogP contribution in [-0.4, -0.2) is 65.4 Å². The molecule has 1 aliphatic heterocycles. The highest BCUT2D eigenvalue weighted by molar-refractivity contribution is 5.93. The number of para-hydroxylation sites is 1. The molecule has 11 heteroatoms. The van der Waals surface area contributed by atoms with Gasteiger partial charge in [-0.2, -0.15) is 10.2 Å². The van der Waals surface area contributed by atoms with E-state index in [0.717, 1.165) is 23.4 Å². The number of halogens is 2. The minimum absolute atomic E-state index is 0.0534. The molecule has 0 aliphatic carbocycles. The zero-order chi connectivity index (χ0) is 30.5. The van der Waals surface area contributed by atoms with Gasteiger partial charge in [-0.25, -0.2) is 13.5 Å². The number of carbonyl (C=O) groups is 2. The summed E-state index contributed by atoms with van der Waals surface area (Å²) in [6, 6.07) is 16.6. The van der Waals surface area contributed by atoms with Crippen molar-refractivity contribution in [2.24, 2.45) is 5.92 Å². The Kier molecular flexibility index (Phi) is 9.34. The van der Waals surface area contributed by atoms with Crippen molar-refractivity contribution >= 4 is 11.7 Å². The molecule has 0 unspecified atom stereocenters. The summed E-state index contributed by atoms with van der Waals surface area (Å²) in [5, 5.41) is 9.16. The van der Waals surface area contributed by atoms with E-state index in [2.05, 4.69) is 10.3 Å². The molecule has 1 aliphatic rings. The highest BCUT2D eigenvalue weighted by Crippen LogP contribution is 2.37. The zero-order valence-corrected chi connectivity index (χ0v) is 24.2. The molecule has 4 aromatic rings. The topological polar surface area (TPSA) is 98.6 Å². The third-order valence-corrected chi connectivity index (χ3v) is 7.54. The normalized spacial score (nSPS) is 16.9. The monoisotopic (exact) mass is 589 g/mol. The summed E-state index contributed by atoms with van der Waals surface area (Å²) in [5.41, 5.74) is 4.36. The van der Waals surface area contributed by atoms with Crippen molar-refractivity contribution in [2.75, 3.05) is 33.9 Å². The minimum atomic E-state index is -0.966. The molecule has 2 aromatic heterocycles. The maximum atomic E-state index is 14.1. The van der Waals surface area contributed by atoms with Crippen LogP contribution in [-0.2, 0) is 20.8 Å². The van der Waals surface area contributed by atoms with Crippen LogP contribution < -0.4 is 5.32 Å². The Bertz CT molecular complexity index is 1610. The predicted molar refractivity (Wildman–Crippen MR) is 155 cm³/mol. The lowest BCUT2D eigenvalue weighted by Crippen LogP contribution is -2.24. The van der Waals surface area contributed by atoms with Crippen LogP contribution in [0.3, 0.4) is 0 Å². The number of aromatic nitrogens is 3. The van der Waals surface area contributed by atoms with Crippen molar-refractivity contribution in [3.63, 3.8) is 0 Å². The molecule has 43 heavy (non-hydrogen) atoms. The van der Waals surface area contributed by atoms with E-state index in [1.807, 2.05) is 37.3 Å². The molecule has 1 saturated heterocycles. The largest absolute Gasteiger partial charge is 0.383 e. The van der Waals surface area contributed by atoms with Gasteiger partial charge in [0, 0.05) is 57.8 Å². The summed E-state index contributed by atoms with van der Waals surface area (Å²) in [6.07, 6.45) is 1.17. The quantitative estimate of drug-likeness (QED) is 0.272. The third-order valence-electron chi connectivity index (χ3n) is 7.54. The number of nitrogens with one attached hydrogen (secondary N) is 1. The number of ether oxygens (including phenoxy) is 1. The minimum Gasteiger partial charge on any atom is -0.383 e. The van der Waals surface area contributed by atoms with Gasteiger partial charge in [0.25, 0.3) is 5.91 Å². The number of benzene rings is 2. The Morgan fingerprint density at radius 3 is 2.60 bits per heavy atom. The van der Waals surface area contributed by atoms with Crippen LogP contribution in [0.2, 0.25) is 0 Å². The molecule has 9 nitrogen and oxygen atoms in total. The van der Waals surface area contributed by atoms with Crippen LogP contribution in [0.25, 0.3) is 16.9 Å². The molecule has 0 radical (unpaired) electrons. The maximum absolute atomic E-state index is 14.1. The summed E-state index contributed by atoms with van der Waals surface area (Å²) < 4.78 is 34.7. The summed E-state index contributed by atoms with van der Waals surface area (Å²) in [5.74, 6) is -2.57. The van der Waals surface area contributed by atoms with E-state index in [9.17, 15) is 18.4 Å². The van der Waals surface area contributed by atoms with Crippen LogP contribution in [0.1, 0.15) is 39.8 Å². The van der Waals surface area contributed by atoms with Gasteiger partial charge in [-0.3, -0.25) is 19.4 Å². The number of pyridine rings is 1. The molecule has 2 atom stereocenters. The molecule has 1 amide bonds. The van der Waals surface area contributed by atoms with E-state index in [1.54, 1.807) is 42.2 Å². The number of ketones is 1. The lowest BCUT2D eigenvalue weighted by atomic mass is 9.90. The average Bonchev–Trinajstić information content (AvgIpc) is 3.57. The number of hydroxylamine groups is 2. The summed E-state index contributed by atoms with van der Waals surface area (Å²) in [4.78, 5) is 36.2. The second-order valence-corrected chi connectivity index (χ2v) is 10.4. The fraction of sp³-hybridized carbons (Fsp3) is 0.312. The molecule has 1 N–H and O–H groups in total. The Labute approximate surface area is 248 Å². The van der Waals surface area contributed by atoms with E-state index in [4.69, 9.17) is 14.7 Å². The molecular weight excluding hydrogens is 556 g/mol. The molecular formula is C32H33F2N5O4. The second-order valence-electron chi connectivity index (χ2n) is 10.4. The molecule has 224 valence electrons. The zero-order valence-electron chi connectivity index (χ0n) is 24.2. The molecule has 2 aromatic carbocycles. The number of nitrogens with zero attached hydrogens (tertiary/aromatic N) is 4. The Hall–Kier alpha value is -4.32. The van der Waals surface area contributed by atoms with E-state index < -0.39 is 17.7 Å². The van der Waals surface area contributed by atoms with Crippen molar-refractivity contribution in [3.05, 3.63) is 101 Å². The smallest absolute Gasteiger partial charge is 0.269 e. The number of rotatable bonds is 11. The first-order valence-electron chi connectivity index (χ1n) is 14.0. The second kappa shape index (κ2) is 13.3. The molecule has 3 heterocycles. The molecule has 1 fully saturated rings. The number of Topliss-reactive ketones (excluding diaryl/α,β-unsaturated/α-hetero) is 1. The lowest BCUT2D eigenvalue weighted by molar-refractivity contribution is -0.155. The summed E-state index contributed by atoms with van der Waals surface area (Å²) in [6.45, 7) is 3.22. The van der Waals surface area contributed by atoms with Gasteiger partial charge in [-0.15, -0.1) is 0 Å². The van der Waals surface area contributed by atoms with E-state index in [-0.39, 0.29) is 36.1 Å². The van der Waals surface area contributed by atoms with Gasteiger partial charge in [0.2, 0.25) is 0 Å². The first-order valence-corrected chi connectivity index (χ1v) is 14.0. The first-order chi connectivity index (χ1) is 20.8. The lowest BCUT2D eigenvalue weighted by Gasteiger charge is -2.18. The van der Waals surface area contributed by atoms with Gasteiger partial charge in [0.05, 0.1) is 23.7 Å². The molecule has 0 spiro atoms. The van der Waals surface area contributed by atoms with Crippen LogP contribution in [0, 0.1) is 24.5 Å². The Morgan fingerprint density at radius 2 is 1.88 bits per heavy atom. The van der Waals surface area contributed by atoms with Gasteiger partial charge < -0.3 is 10.1 Å². The van der Waals surface area contributed by atoms with Crippen LogP contribution >= 0.6 is 0 Å². The van der Waals surface area contributed by atoms with Gasteiger partial charge >= 0.3 is 0 Å². The van der Waals surface area contributed by atoms with E-state index in [1.165, 1.54) is 6.07 Å². The fourth-order valence-corrected chi connectivity index (χ4v) is 5.35. The van der Waals surface area contributed by atoms with Gasteiger partial charge in [-0.05, 0) is 54.4 Å². The van der Waals surface area contributed by atoms with Crippen molar-refractivity contribution in [1.82, 2.24) is 25.1 Å². The van der Waals surface area contributed by atoms with Crippen molar-refractivity contribution in [2.45, 2.75) is 25.9 Å². The molecule has 0 bridgehead atoms. The van der Waals surface area contributed by atoms with Crippen LogP contribution in [0.4, 0.5) is 8.78 Å². The van der Waals surface area contributed by atoms with Crippen molar-refractivity contribution in [3.8, 4) is 16.9 Å². The van der Waals surface area contributed by atoms with Gasteiger partial charge in [0.15, 0.2) is 11.6 Å². The molecule has 5 rings (SSSR count). The summed E-state index contributed by atoms with van der Waals surface area (Å²) >= 11 is 0. The standard InChI is InChI=1S/C32H33F2N5O4/c1-20-29(39(24-7-5-4-6-8-24)37-30(20)21-11-12-36-28(17-21)32(41)35-2)18-25(40)15-23-19-38(13-14-42-3)43-31(23)22-9-10-26(33)27(34)16-22/h4-12,16-17,23,31H,13-15,18-19H2,1-3H3,(H,35,41)/t23-,31+/m1/s1. The number of hydrogen-bond donors (Lipinski definition) is 1. The van der Waals surface area contributed by atoms with E-state index >= 15 is 0 Å². The van der Waals surface area contributed by atoms with Crippen molar-refractivity contribution < 1.29 is 27.9 Å². The average molecular weight is 590 g/mol. The number of hydrogen-bond acceptors (Lipinski definition) is 7. The number of methoxy groups -OCH3 is 1. The van der Waals surface area contributed by atoms with Crippen LogP contribution in [0.5, 0.6) is 0 Å². The van der Waals surface area contributed by atoms with Gasteiger partial charge in [-0.1, -0.05) is 24.3 Å². The number of carbonyl (C=O) groups excluding carboxylic acids is 2.